The van der Waals surface area contributed by atoms with Crippen molar-refractivity contribution in [2.75, 3.05) is 6.54 Å². The van der Waals surface area contributed by atoms with Gasteiger partial charge >= 0.3 is 0 Å². The van der Waals surface area contributed by atoms with E-state index in [4.69, 9.17) is 5.73 Å². The minimum absolute atomic E-state index is 0.388. The summed E-state index contributed by atoms with van der Waals surface area (Å²) in [5, 5.41) is 3.57. The van der Waals surface area contributed by atoms with E-state index in [1.165, 1.54) is 44.1 Å². The highest BCUT2D eigenvalue weighted by molar-refractivity contribution is 5.94. The number of carbonyl (C=O) groups is 1. The number of nitrogens with two attached hydrogens (primary N) is 1. The van der Waals surface area contributed by atoms with Gasteiger partial charge in [0, 0.05) is 12.1 Å². The van der Waals surface area contributed by atoms with E-state index in [0.717, 1.165) is 30.1 Å². The van der Waals surface area contributed by atoms with Gasteiger partial charge < -0.3 is 11.1 Å². The van der Waals surface area contributed by atoms with Crippen LogP contribution in [0.1, 0.15) is 54.4 Å². The number of hydrogen-bond acceptors (Lipinski definition) is 2. The number of nitrogens with one attached hydrogen (secondary N) is 1. The lowest BCUT2D eigenvalue weighted by Crippen LogP contribution is -2.19. The van der Waals surface area contributed by atoms with Crippen LogP contribution >= 0.6 is 0 Å². The first-order valence-electron chi connectivity index (χ1n) is 9.42. The van der Waals surface area contributed by atoms with Gasteiger partial charge in [-0.05, 0) is 47.7 Å². The lowest BCUT2D eigenvalue weighted by Gasteiger charge is -2.21. The third kappa shape index (κ3) is 5.17. The maximum Gasteiger partial charge on any atom is 0.248 e. The zero-order chi connectivity index (χ0) is 17.5. The van der Waals surface area contributed by atoms with Crippen molar-refractivity contribution in [1.29, 1.82) is 0 Å². The molecule has 1 aliphatic rings. The average Bonchev–Trinajstić information content (AvgIpc) is 2.67. The lowest BCUT2D eigenvalue weighted by atomic mass is 9.87. The molecule has 1 amide bonds. The second-order valence-electron chi connectivity index (χ2n) is 7.11. The van der Waals surface area contributed by atoms with E-state index in [1.807, 2.05) is 18.2 Å². The smallest absolute Gasteiger partial charge is 0.248 e. The molecule has 25 heavy (non-hydrogen) atoms. The van der Waals surface area contributed by atoms with Crippen LogP contribution in [0.2, 0.25) is 0 Å². The highest BCUT2D eigenvalue weighted by Crippen LogP contribution is 2.26. The number of rotatable bonds is 7. The first-order chi connectivity index (χ1) is 12.2. The molecule has 2 aromatic carbocycles. The Morgan fingerprint density at radius 3 is 2.48 bits per heavy atom. The fourth-order valence-electron chi connectivity index (χ4n) is 3.68. The van der Waals surface area contributed by atoms with E-state index < -0.39 is 0 Å². The third-order valence-corrected chi connectivity index (χ3v) is 5.22. The maximum absolute atomic E-state index is 11.3. The number of carbonyl (C=O) groups excluding carboxylic acids is 1. The van der Waals surface area contributed by atoms with Gasteiger partial charge in [0.15, 0.2) is 0 Å². The molecule has 3 N–H and O–H groups in total. The Hall–Kier alpha value is -2.13. The van der Waals surface area contributed by atoms with Crippen LogP contribution < -0.4 is 11.1 Å². The second kappa shape index (κ2) is 8.82. The van der Waals surface area contributed by atoms with E-state index >= 15 is 0 Å². The molecule has 0 radical (unpaired) electrons. The van der Waals surface area contributed by atoms with Crippen LogP contribution in [0.25, 0.3) is 11.1 Å². The fraction of sp³-hybridized carbons (Fsp3) is 0.409. The fourth-order valence-corrected chi connectivity index (χ4v) is 3.68. The quantitative estimate of drug-likeness (QED) is 0.731. The standard InChI is InChI=1S/C22H28N2O/c23-22(25)21-8-4-7-20(15-21)19-11-9-18(10-12-19)16-24-14-13-17-5-2-1-3-6-17/h4,7-12,15,17,24H,1-3,5-6,13-14,16H2,(H2,23,25). The zero-order valence-electron chi connectivity index (χ0n) is 14.8. The topological polar surface area (TPSA) is 55.1 Å². The normalized spacial score (nSPS) is 15.2. The van der Waals surface area contributed by atoms with Gasteiger partial charge in [-0.3, -0.25) is 4.79 Å². The summed E-state index contributed by atoms with van der Waals surface area (Å²) in [5.41, 5.74) is 9.32. The van der Waals surface area contributed by atoms with E-state index in [9.17, 15) is 4.79 Å². The largest absolute Gasteiger partial charge is 0.366 e. The molecule has 1 saturated carbocycles. The minimum atomic E-state index is -0.388. The van der Waals surface area contributed by atoms with Gasteiger partial charge in [-0.1, -0.05) is 68.5 Å². The first-order valence-corrected chi connectivity index (χ1v) is 9.42. The highest BCUT2D eigenvalue weighted by Gasteiger charge is 2.12. The number of benzene rings is 2. The molecule has 3 nitrogen and oxygen atoms in total. The molecule has 0 spiro atoms. The van der Waals surface area contributed by atoms with Crippen molar-refractivity contribution in [2.45, 2.75) is 45.1 Å². The lowest BCUT2D eigenvalue weighted by molar-refractivity contribution is 0.100. The Kier molecular flexibility index (Phi) is 6.24. The second-order valence-corrected chi connectivity index (χ2v) is 7.11. The summed E-state index contributed by atoms with van der Waals surface area (Å²) in [6.07, 6.45) is 8.41. The Labute approximate surface area is 150 Å². The molecule has 132 valence electrons. The van der Waals surface area contributed by atoms with Crippen molar-refractivity contribution < 1.29 is 4.79 Å². The molecule has 0 unspecified atom stereocenters. The van der Waals surface area contributed by atoms with E-state index in [-0.39, 0.29) is 5.91 Å². The number of primary amides is 1. The zero-order valence-corrected chi connectivity index (χ0v) is 14.8. The van der Waals surface area contributed by atoms with Crippen LogP contribution in [-0.2, 0) is 6.54 Å². The predicted octanol–water partition coefficient (Wildman–Crippen LogP) is 4.51. The van der Waals surface area contributed by atoms with Gasteiger partial charge in [0.2, 0.25) is 5.91 Å². The molecule has 0 aromatic heterocycles. The Morgan fingerprint density at radius 1 is 1.00 bits per heavy atom. The van der Waals surface area contributed by atoms with Gasteiger partial charge in [-0.25, -0.2) is 0 Å². The van der Waals surface area contributed by atoms with Crippen LogP contribution in [-0.4, -0.2) is 12.5 Å². The summed E-state index contributed by atoms with van der Waals surface area (Å²) in [6.45, 7) is 2.02. The van der Waals surface area contributed by atoms with Crippen molar-refractivity contribution in [3.63, 3.8) is 0 Å². The Balaban J connectivity index is 1.50. The maximum atomic E-state index is 11.3. The van der Waals surface area contributed by atoms with Gasteiger partial charge in [0.05, 0.1) is 0 Å². The van der Waals surface area contributed by atoms with Gasteiger partial charge in [-0.15, -0.1) is 0 Å². The molecule has 0 atom stereocenters. The Morgan fingerprint density at radius 2 is 1.76 bits per heavy atom. The molecule has 0 heterocycles. The van der Waals surface area contributed by atoms with Crippen molar-refractivity contribution in [2.24, 2.45) is 11.7 Å². The molecular weight excluding hydrogens is 308 g/mol. The first kappa shape index (κ1) is 17.7. The van der Waals surface area contributed by atoms with Gasteiger partial charge in [0.25, 0.3) is 0 Å². The van der Waals surface area contributed by atoms with E-state index in [2.05, 4.69) is 29.6 Å². The molecule has 0 saturated heterocycles. The third-order valence-electron chi connectivity index (χ3n) is 5.22. The number of amides is 1. The van der Waals surface area contributed by atoms with Crippen LogP contribution in [0.4, 0.5) is 0 Å². The van der Waals surface area contributed by atoms with Gasteiger partial charge in [-0.2, -0.15) is 0 Å². The summed E-state index contributed by atoms with van der Waals surface area (Å²) in [6, 6.07) is 16.0. The monoisotopic (exact) mass is 336 g/mol. The molecule has 3 rings (SSSR count). The SMILES string of the molecule is NC(=O)c1cccc(-c2ccc(CNCCC3CCCCC3)cc2)c1. The van der Waals surface area contributed by atoms with Crippen molar-refractivity contribution in [3.05, 3.63) is 59.7 Å². The van der Waals surface area contributed by atoms with Crippen LogP contribution in [0.3, 0.4) is 0 Å². The van der Waals surface area contributed by atoms with E-state index in [1.54, 1.807) is 6.07 Å². The van der Waals surface area contributed by atoms with Crippen molar-refractivity contribution in [1.82, 2.24) is 5.32 Å². The minimum Gasteiger partial charge on any atom is -0.366 e. The summed E-state index contributed by atoms with van der Waals surface area (Å²) < 4.78 is 0. The average molecular weight is 336 g/mol. The molecule has 3 heteroatoms. The summed E-state index contributed by atoms with van der Waals surface area (Å²) >= 11 is 0. The van der Waals surface area contributed by atoms with Crippen molar-refractivity contribution >= 4 is 5.91 Å². The predicted molar refractivity (Wildman–Crippen MR) is 103 cm³/mol. The molecule has 0 bridgehead atoms. The highest BCUT2D eigenvalue weighted by atomic mass is 16.1. The molecule has 1 fully saturated rings. The summed E-state index contributed by atoms with van der Waals surface area (Å²) in [7, 11) is 0. The number of hydrogen-bond donors (Lipinski definition) is 2. The molecule has 1 aliphatic carbocycles. The van der Waals surface area contributed by atoms with Crippen LogP contribution in [0, 0.1) is 5.92 Å². The Bertz CT molecular complexity index is 687. The van der Waals surface area contributed by atoms with Crippen LogP contribution in [0.5, 0.6) is 0 Å². The molecule has 2 aromatic rings. The summed E-state index contributed by atoms with van der Waals surface area (Å²) in [4.78, 5) is 11.3. The molecule has 0 aliphatic heterocycles. The van der Waals surface area contributed by atoms with Gasteiger partial charge in [0.1, 0.15) is 0 Å². The summed E-state index contributed by atoms with van der Waals surface area (Å²) in [5.74, 6) is 0.543. The van der Waals surface area contributed by atoms with Crippen LogP contribution in [0.15, 0.2) is 48.5 Å². The van der Waals surface area contributed by atoms with Crippen molar-refractivity contribution in [3.8, 4) is 11.1 Å². The van der Waals surface area contributed by atoms with E-state index in [0.29, 0.717) is 5.56 Å². The molecular formula is C22H28N2O.